The Morgan fingerprint density at radius 1 is 1.05 bits per heavy atom. The van der Waals surface area contributed by atoms with Crippen molar-refractivity contribution in [2.75, 3.05) is 31.5 Å². The van der Waals surface area contributed by atoms with Gasteiger partial charge in [-0.1, -0.05) is 58.2 Å². The molecule has 2 aromatic rings. The number of anilines is 1. The van der Waals surface area contributed by atoms with Crippen LogP contribution in [0.5, 0.6) is 0 Å². The molecule has 12 heteroatoms. The van der Waals surface area contributed by atoms with Gasteiger partial charge in [-0.15, -0.1) is 0 Å². The summed E-state index contributed by atoms with van der Waals surface area (Å²) in [6.45, 7) is 6.90. The summed E-state index contributed by atoms with van der Waals surface area (Å²) in [7, 11) is 0. The Bertz CT molecular complexity index is 1290. The lowest BCUT2D eigenvalue weighted by molar-refractivity contribution is -0.114. The van der Waals surface area contributed by atoms with E-state index in [-0.39, 0.29) is 5.91 Å². The third kappa shape index (κ3) is 7.15. The first-order valence-electron chi connectivity index (χ1n) is 12.4. The van der Waals surface area contributed by atoms with Gasteiger partial charge in [0, 0.05) is 43.9 Å². The molecule has 2 aromatic carbocycles. The van der Waals surface area contributed by atoms with E-state index in [1.165, 1.54) is 0 Å². The molecule has 0 aromatic heterocycles. The molecule has 0 radical (unpaired) electrons. The van der Waals surface area contributed by atoms with E-state index in [4.69, 9.17) is 44.4 Å². The molecule has 2 aliphatic rings. The quantitative estimate of drug-likeness (QED) is 0.451. The fourth-order valence-corrected chi connectivity index (χ4v) is 4.69. The van der Waals surface area contributed by atoms with Gasteiger partial charge in [0.25, 0.3) is 11.8 Å². The van der Waals surface area contributed by atoms with E-state index in [1.807, 2.05) is 26.8 Å². The zero-order valence-corrected chi connectivity index (χ0v) is 24.0. The number of amides is 3. The Hall–Kier alpha value is -3.01. The van der Waals surface area contributed by atoms with Gasteiger partial charge in [0.15, 0.2) is 10.9 Å². The summed E-state index contributed by atoms with van der Waals surface area (Å²) in [4.78, 5) is 45.6. The van der Waals surface area contributed by atoms with Crippen molar-refractivity contribution in [2.24, 2.45) is 5.16 Å². The maximum atomic E-state index is 13.6. The number of piperazine rings is 1. The zero-order valence-electron chi connectivity index (χ0n) is 21.7. The maximum Gasteiger partial charge on any atom is 0.410 e. The van der Waals surface area contributed by atoms with Gasteiger partial charge < -0.3 is 24.7 Å². The molecule has 1 N–H and O–H groups in total. The van der Waals surface area contributed by atoms with Gasteiger partial charge in [0.05, 0.1) is 16.3 Å². The third-order valence-corrected chi connectivity index (χ3v) is 6.86. The molecule has 1 atom stereocenters. The summed E-state index contributed by atoms with van der Waals surface area (Å²) < 4.78 is 5.45. The number of halogens is 3. The first kappa shape index (κ1) is 29.0. The number of rotatable bonds is 5. The molecule has 9 nitrogen and oxygen atoms in total. The van der Waals surface area contributed by atoms with E-state index < -0.39 is 28.5 Å². The normalized spacial score (nSPS) is 17.5. The number of alkyl halides is 2. The number of hydrogen-bond donors (Lipinski definition) is 1. The van der Waals surface area contributed by atoms with Crippen LogP contribution in [0, 0.1) is 0 Å². The summed E-state index contributed by atoms with van der Waals surface area (Å²) in [5, 5.41) is 7.28. The van der Waals surface area contributed by atoms with Gasteiger partial charge in [-0.3, -0.25) is 9.59 Å². The SMILES string of the molecule is CC(C)(C)OC(=O)N1CCN(C(=O)c2cccc(Cl)c2C2=NOC(c3cccc(NC(=O)C(Cl)Cl)c3)C2)CC1. The van der Waals surface area contributed by atoms with Gasteiger partial charge >= 0.3 is 6.09 Å². The van der Waals surface area contributed by atoms with Crippen molar-refractivity contribution in [1.82, 2.24) is 9.80 Å². The first-order chi connectivity index (χ1) is 18.4. The Labute approximate surface area is 241 Å². The van der Waals surface area contributed by atoms with Crippen molar-refractivity contribution >= 4 is 64.1 Å². The minimum absolute atomic E-state index is 0.205. The highest BCUT2D eigenvalue weighted by Crippen LogP contribution is 2.34. The van der Waals surface area contributed by atoms with Crippen LogP contribution in [0.15, 0.2) is 47.6 Å². The third-order valence-electron chi connectivity index (χ3n) is 6.14. The van der Waals surface area contributed by atoms with Crippen molar-refractivity contribution in [2.45, 2.75) is 43.7 Å². The smallest absolute Gasteiger partial charge is 0.410 e. The van der Waals surface area contributed by atoms with E-state index >= 15 is 0 Å². The van der Waals surface area contributed by atoms with Crippen LogP contribution in [0.3, 0.4) is 0 Å². The molecule has 0 bridgehead atoms. The molecule has 0 saturated carbocycles. The molecular formula is C27H29Cl3N4O5. The van der Waals surface area contributed by atoms with Crippen LogP contribution in [-0.2, 0) is 14.4 Å². The van der Waals surface area contributed by atoms with Crippen LogP contribution < -0.4 is 5.32 Å². The van der Waals surface area contributed by atoms with Crippen LogP contribution in [0.4, 0.5) is 10.5 Å². The highest BCUT2D eigenvalue weighted by Gasteiger charge is 2.32. The fourth-order valence-electron chi connectivity index (χ4n) is 4.30. The molecule has 39 heavy (non-hydrogen) atoms. The summed E-state index contributed by atoms with van der Waals surface area (Å²) >= 11 is 17.8. The lowest BCUT2D eigenvalue weighted by Gasteiger charge is -2.35. The molecule has 2 heterocycles. The van der Waals surface area contributed by atoms with Crippen LogP contribution in [0.1, 0.15) is 54.8 Å². The summed E-state index contributed by atoms with van der Waals surface area (Å²) in [5.41, 5.74) is 2.15. The molecule has 1 fully saturated rings. The fraction of sp³-hybridized carbons (Fsp3) is 0.407. The van der Waals surface area contributed by atoms with Crippen molar-refractivity contribution in [3.8, 4) is 0 Å². The van der Waals surface area contributed by atoms with Gasteiger partial charge in [0.1, 0.15) is 5.60 Å². The number of hydrogen-bond acceptors (Lipinski definition) is 6. The molecule has 4 rings (SSSR count). The van der Waals surface area contributed by atoms with Crippen LogP contribution in [-0.4, -0.2) is 70.0 Å². The molecule has 0 spiro atoms. The van der Waals surface area contributed by atoms with E-state index in [0.29, 0.717) is 60.1 Å². The summed E-state index contributed by atoms with van der Waals surface area (Å²) in [6.07, 6.45) is -0.479. The van der Waals surface area contributed by atoms with Crippen LogP contribution >= 0.6 is 34.8 Å². The minimum atomic E-state index is -1.19. The number of benzene rings is 2. The second-order valence-corrected chi connectivity index (χ2v) is 11.7. The Kier molecular flexibility index (Phi) is 8.93. The predicted molar refractivity (Wildman–Crippen MR) is 151 cm³/mol. The van der Waals surface area contributed by atoms with Crippen molar-refractivity contribution < 1.29 is 24.0 Å². The number of carbonyl (C=O) groups excluding carboxylic acids is 3. The Balaban J connectivity index is 1.46. The number of nitrogens with zero attached hydrogens (tertiary/aromatic N) is 3. The molecule has 1 saturated heterocycles. The van der Waals surface area contributed by atoms with Gasteiger partial charge in [-0.25, -0.2) is 4.79 Å². The average Bonchev–Trinajstić information content (AvgIpc) is 3.37. The highest BCUT2D eigenvalue weighted by molar-refractivity contribution is 6.54. The molecule has 2 aliphatic heterocycles. The van der Waals surface area contributed by atoms with Gasteiger partial charge in [-0.2, -0.15) is 0 Å². The van der Waals surface area contributed by atoms with Gasteiger partial charge in [0.2, 0.25) is 0 Å². The molecule has 3 amide bonds. The van der Waals surface area contributed by atoms with E-state index in [1.54, 1.807) is 46.2 Å². The second kappa shape index (κ2) is 12.0. The van der Waals surface area contributed by atoms with Crippen molar-refractivity contribution in [3.63, 3.8) is 0 Å². The van der Waals surface area contributed by atoms with Crippen molar-refractivity contribution in [1.29, 1.82) is 0 Å². The predicted octanol–water partition coefficient (Wildman–Crippen LogP) is 5.64. The largest absolute Gasteiger partial charge is 0.444 e. The number of carbonyl (C=O) groups is 3. The molecule has 0 aliphatic carbocycles. The van der Waals surface area contributed by atoms with E-state index in [2.05, 4.69) is 10.5 Å². The molecular weight excluding hydrogens is 567 g/mol. The van der Waals surface area contributed by atoms with E-state index in [0.717, 1.165) is 5.56 Å². The van der Waals surface area contributed by atoms with Crippen LogP contribution in [0.25, 0.3) is 0 Å². The maximum absolute atomic E-state index is 13.6. The second-order valence-electron chi connectivity index (χ2n) is 10.2. The van der Waals surface area contributed by atoms with Crippen LogP contribution in [0.2, 0.25) is 5.02 Å². The Morgan fingerprint density at radius 3 is 2.38 bits per heavy atom. The van der Waals surface area contributed by atoms with Crippen molar-refractivity contribution in [3.05, 3.63) is 64.2 Å². The lowest BCUT2D eigenvalue weighted by atomic mass is 9.95. The van der Waals surface area contributed by atoms with Gasteiger partial charge in [-0.05, 0) is 50.6 Å². The molecule has 1 unspecified atom stereocenters. The lowest BCUT2D eigenvalue weighted by Crippen LogP contribution is -2.51. The highest BCUT2D eigenvalue weighted by atomic mass is 35.5. The zero-order chi connectivity index (χ0) is 28.3. The summed E-state index contributed by atoms with van der Waals surface area (Å²) in [6, 6.07) is 12.2. The Morgan fingerprint density at radius 2 is 1.72 bits per heavy atom. The van der Waals surface area contributed by atoms with E-state index in [9.17, 15) is 14.4 Å². The number of oxime groups is 1. The number of nitrogens with one attached hydrogen (secondary N) is 1. The monoisotopic (exact) mass is 594 g/mol. The standard InChI is InChI=1S/C27H29Cl3N4O5/c1-27(2,3)38-26(37)34-12-10-33(11-13-34)25(36)18-8-5-9-19(28)22(18)20-15-21(39-32-20)16-6-4-7-17(14-16)31-24(35)23(29)30/h4-9,14,21,23H,10-13,15H2,1-3H3,(H,31,35). The molecule has 208 valence electrons. The first-order valence-corrected chi connectivity index (χ1v) is 13.7. The average molecular weight is 596 g/mol. The minimum Gasteiger partial charge on any atom is -0.444 e. The topological polar surface area (TPSA) is 101 Å². The number of ether oxygens (including phenoxy) is 1. The summed E-state index contributed by atoms with van der Waals surface area (Å²) in [5.74, 6) is -0.741.